The van der Waals surface area contributed by atoms with E-state index in [0.29, 0.717) is 40.5 Å². The molecule has 6 nitrogen and oxygen atoms in total. The number of aromatic nitrogens is 2. The van der Waals surface area contributed by atoms with E-state index in [9.17, 15) is 4.79 Å². The molecule has 2 aromatic carbocycles. The van der Waals surface area contributed by atoms with Crippen molar-refractivity contribution >= 4 is 16.7 Å². The van der Waals surface area contributed by atoms with Gasteiger partial charge in [0.1, 0.15) is 17.9 Å². The molecule has 0 spiro atoms. The van der Waals surface area contributed by atoms with Gasteiger partial charge in [-0.2, -0.15) is 0 Å². The zero-order valence-corrected chi connectivity index (χ0v) is 14.3. The lowest BCUT2D eigenvalue weighted by Crippen LogP contribution is -1.97. The van der Waals surface area contributed by atoms with Crippen LogP contribution >= 0.6 is 0 Å². The van der Waals surface area contributed by atoms with E-state index < -0.39 is 0 Å². The average Bonchev–Trinajstić information content (AvgIpc) is 2.62. The van der Waals surface area contributed by atoms with Crippen LogP contribution < -0.4 is 14.2 Å². The summed E-state index contributed by atoms with van der Waals surface area (Å²) >= 11 is 0. The van der Waals surface area contributed by atoms with Crippen LogP contribution in [0.4, 0.5) is 0 Å². The normalized spacial score (nSPS) is 10.5. The Balaban J connectivity index is 1.94. The van der Waals surface area contributed by atoms with Gasteiger partial charge >= 0.3 is 0 Å². The fourth-order valence-corrected chi connectivity index (χ4v) is 2.52. The van der Waals surface area contributed by atoms with Gasteiger partial charge in [0, 0.05) is 12.5 Å². The van der Waals surface area contributed by atoms with Crippen molar-refractivity contribution in [2.75, 3.05) is 14.2 Å². The summed E-state index contributed by atoms with van der Waals surface area (Å²) in [5, 5.41) is 0.716. The molecule has 0 fully saturated rings. The Kier molecular flexibility index (Phi) is 4.79. The molecule has 0 saturated heterocycles. The maximum absolute atomic E-state index is 11.2. The van der Waals surface area contributed by atoms with Crippen LogP contribution in [0.25, 0.3) is 10.9 Å². The van der Waals surface area contributed by atoms with Crippen LogP contribution in [0, 0.1) is 0 Å². The molecule has 1 heterocycles. The Morgan fingerprint density at radius 2 is 1.68 bits per heavy atom. The van der Waals surface area contributed by atoms with Crippen LogP contribution in [0.3, 0.4) is 0 Å². The van der Waals surface area contributed by atoms with Gasteiger partial charge in [-0.3, -0.25) is 4.79 Å². The van der Waals surface area contributed by atoms with E-state index in [4.69, 9.17) is 14.2 Å². The van der Waals surface area contributed by atoms with E-state index >= 15 is 0 Å². The van der Waals surface area contributed by atoms with Crippen molar-refractivity contribution in [3.05, 3.63) is 48.3 Å². The number of ether oxygens (including phenoxy) is 3. The predicted octanol–water partition coefficient (Wildman–Crippen LogP) is 3.57. The molecule has 128 valence electrons. The minimum atomic E-state index is 0.122. The molecule has 0 aliphatic rings. The highest BCUT2D eigenvalue weighted by atomic mass is 16.5. The first-order valence-corrected chi connectivity index (χ1v) is 7.73. The molecule has 0 bridgehead atoms. The Bertz CT molecular complexity index is 907. The zero-order valence-electron chi connectivity index (χ0n) is 14.3. The summed E-state index contributed by atoms with van der Waals surface area (Å²) in [7, 11) is 3.15. The highest BCUT2D eigenvalue weighted by molar-refractivity contribution is 5.87. The van der Waals surface area contributed by atoms with Crippen molar-refractivity contribution in [3.63, 3.8) is 0 Å². The number of benzene rings is 2. The van der Waals surface area contributed by atoms with E-state index in [2.05, 4.69) is 9.97 Å². The molecular weight excluding hydrogens is 320 g/mol. The maximum Gasteiger partial charge on any atom is 0.230 e. The van der Waals surface area contributed by atoms with Crippen LogP contribution in [-0.4, -0.2) is 30.0 Å². The molecule has 3 aromatic rings. The first kappa shape index (κ1) is 16.7. The topological polar surface area (TPSA) is 70.5 Å². The number of Topliss-reactive ketones (excluding diaryl/α,β-unsaturated/α-hetero) is 1. The van der Waals surface area contributed by atoms with Gasteiger partial charge in [-0.15, -0.1) is 0 Å². The maximum atomic E-state index is 11.2. The van der Waals surface area contributed by atoms with Crippen LogP contribution in [0.15, 0.2) is 42.7 Å². The second kappa shape index (κ2) is 7.17. The monoisotopic (exact) mass is 338 g/mol. The first-order valence-electron chi connectivity index (χ1n) is 7.73. The molecule has 0 unspecified atom stereocenters. The largest absolute Gasteiger partial charge is 0.493 e. The summed E-state index contributed by atoms with van der Waals surface area (Å²) in [5.41, 5.74) is 1.63. The minimum Gasteiger partial charge on any atom is -0.493 e. The fraction of sp³-hybridized carbons (Fsp3) is 0.211. The number of hydrogen-bond acceptors (Lipinski definition) is 6. The first-order chi connectivity index (χ1) is 12.1. The van der Waals surface area contributed by atoms with Crippen LogP contribution in [-0.2, 0) is 11.2 Å². The standard InChI is InChI=1S/C19H18N2O4/c1-12(22)8-13-4-6-14(7-5-13)25-19-15-9-17(23-2)18(24-3)10-16(15)20-11-21-19/h4-7,9-11H,8H2,1-3H3. The molecule has 3 rings (SSSR count). The number of rotatable bonds is 6. The molecule has 0 aliphatic heterocycles. The van der Waals surface area contributed by atoms with Crippen LogP contribution in [0.1, 0.15) is 12.5 Å². The summed E-state index contributed by atoms with van der Waals surface area (Å²) in [6.45, 7) is 1.57. The van der Waals surface area contributed by atoms with E-state index in [1.165, 1.54) is 6.33 Å². The molecule has 25 heavy (non-hydrogen) atoms. The number of nitrogens with zero attached hydrogens (tertiary/aromatic N) is 2. The molecule has 0 saturated carbocycles. The highest BCUT2D eigenvalue weighted by Crippen LogP contribution is 2.35. The molecule has 0 aliphatic carbocycles. The van der Waals surface area contributed by atoms with Gasteiger partial charge in [-0.25, -0.2) is 9.97 Å². The van der Waals surface area contributed by atoms with Crippen molar-refractivity contribution < 1.29 is 19.0 Å². The average molecular weight is 338 g/mol. The predicted molar refractivity (Wildman–Crippen MR) is 93.5 cm³/mol. The smallest absolute Gasteiger partial charge is 0.230 e. The fourth-order valence-electron chi connectivity index (χ4n) is 2.52. The number of hydrogen-bond donors (Lipinski definition) is 0. The molecule has 0 atom stereocenters. The van der Waals surface area contributed by atoms with E-state index in [1.807, 2.05) is 24.3 Å². The Labute approximate surface area is 145 Å². The summed E-state index contributed by atoms with van der Waals surface area (Å²) < 4.78 is 16.5. The van der Waals surface area contributed by atoms with Crippen molar-refractivity contribution in [3.8, 4) is 23.1 Å². The van der Waals surface area contributed by atoms with Crippen molar-refractivity contribution in [2.45, 2.75) is 13.3 Å². The molecule has 6 heteroatoms. The second-order valence-corrected chi connectivity index (χ2v) is 5.53. The lowest BCUT2D eigenvalue weighted by Gasteiger charge is -2.11. The van der Waals surface area contributed by atoms with Gasteiger partial charge < -0.3 is 14.2 Å². The number of methoxy groups -OCH3 is 2. The van der Waals surface area contributed by atoms with Gasteiger partial charge in [-0.05, 0) is 30.7 Å². The third-order valence-corrected chi connectivity index (χ3v) is 3.70. The highest BCUT2D eigenvalue weighted by Gasteiger charge is 2.12. The number of carbonyl (C=O) groups excluding carboxylic acids is 1. The molecule has 1 aromatic heterocycles. The van der Waals surface area contributed by atoms with E-state index in [0.717, 1.165) is 5.56 Å². The summed E-state index contributed by atoms with van der Waals surface area (Å²) in [5.74, 6) is 2.34. The molecule has 0 radical (unpaired) electrons. The Morgan fingerprint density at radius 3 is 2.32 bits per heavy atom. The van der Waals surface area contributed by atoms with Crippen LogP contribution in [0.2, 0.25) is 0 Å². The molecule has 0 N–H and O–H groups in total. The minimum absolute atomic E-state index is 0.122. The molecule has 0 amide bonds. The second-order valence-electron chi connectivity index (χ2n) is 5.53. The third kappa shape index (κ3) is 3.68. The Morgan fingerprint density at radius 1 is 1.00 bits per heavy atom. The van der Waals surface area contributed by atoms with Gasteiger partial charge in [0.05, 0.1) is 25.1 Å². The Hall–Kier alpha value is -3.15. The van der Waals surface area contributed by atoms with Crippen molar-refractivity contribution in [2.24, 2.45) is 0 Å². The third-order valence-electron chi connectivity index (χ3n) is 3.70. The van der Waals surface area contributed by atoms with Crippen molar-refractivity contribution in [1.29, 1.82) is 0 Å². The lowest BCUT2D eigenvalue weighted by molar-refractivity contribution is -0.116. The number of ketones is 1. The van der Waals surface area contributed by atoms with E-state index in [-0.39, 0.29) is 5.78 Å². The van der Waals surface area contributed by atoms with E-state index in [1.54, 1.807) is 33.3 Å². The van der Waals surface area contributed by atoms with Crippen molar-refractivity contribution in [1.82, 2.24) is 9.97 Å². The van der Waals surface area contributed by atoms with Gasteiger partial charge in [-0.1, -0.05) is 12.1 Å². The number of fused-ring (bicyclic) bond motifs is 1. The lowest BCUT2D eigenvalue weighted by atomic mass is 10.1. The van der Waals surface area contributed by atoms with Crippen LogP contribution in [0.5, 0.6) is 23.1 Å². The SMILES string of the molecule is COc1cc2ncnc(Oc3ccc(CC(C)=O)cc3)c2cc1OC. The summed E-state index contributed by atoms with van der Waals surface area (Å²) in [6, 6.07) is 10.9. The molecular formula is C19H18N2O4. The van der Waals surface area contributed by atoms with Gasteiger partial charge in [0.25, 0.3) is 0 Å². The summed E-state index contributed by atoms with van der Waals surface area (Å²) in [4.78, 5) is 19.6. The number of carbonyl (C=O) groups is 1. The van der Waals surface area contributed by atoms with Gasteiger partial charge in [0.2, 0.25) is 5.88 Å². The zero-order chi connectivity index (χ0) is 17.8. The summed E-state index contributed by atoms with van der Waals surface area (Å²) in [6.07, 6.45) is 1.85. The quantitative estimate of drug-likeness (QED) is 0.684. The van der Waals surface area contributed by atoms with Gasteiger partial charge in [0.15, 0.2) is 11.5 Å².